The molecule has 0 saturated carbocycles. The fraction of sp³-hybridized carbons (Fsp3) is 0.333. The number of aromatic nitrogens is 1. The van der Waals surface area contributed by atoms with Crippen molar-refractivity contribution < 1.29 is 14.7 Å². The van der Waals surface area contributed by atoms with Crippen LogP contribution in [-0.2, 0) is 11.8 Å². The van der Waals surface area contributed by atoms with Gasteiger partial charge in [0.05, 0.1) is 22.3 Å². The van der Waals surface area contributed by atoms with Crippen molar-refractivity contribution in [1.82, 2.24) is 4.57 Å². The van der Waals surface area contributed by atoms with Gasteiger partial charge in [-0.05, 0) is 44.9 Å². The molecule has 1 unspecified atom stereocenters. The number of halogens is 1. The number of carbonyl (C=O) groups is 2. The van der Waals surface area contributed by atoms with Gasteiger partial charge >= 0.3 is 5.97 Å². The Morgan fingerprint density at radius 3 is 2.13 bits per heavy atom. The van der Waals surface area contributed by atoms with Crippen molar-refractivity contribution in [2.24, 2.45) is 7.05 Å². The van der Waals surface area contributed by atoms with E-state index >= 15 is 0 Å². The third kappa shape index (κ3) is 3.04. The van der Waals surface area contributed by atoms with E-state index in [2.05, 4.69) is 0 Å². The molecule has 1 atom stereocenters. The Bertz CT molecular complexity index is 782. The highest BCUT2D eigenvalue weighted by molar-refractivity contribution is 6.32. The van der Waals surface area contributed by atoms with Crippen LogP contribution in [0.15, 0.2) is 18.2 Å². The summed E-state index contributed by atoms with van der Waals surface area (Å²) in [7, 11) is 1.67. The molecule has 0 bridgehead atoms. The first kappa shape index (κ1) is 17.3. The molecule has 0 aliphatic carbocycles. The summed E-state index contributed by atoms with van der Waals surface area (Å²) in [6.45, 7) is 7.34. The van der Waals surface area contributed by atoms with Gasteiger partial charge in [0, 0.05) is 12.6 Å². The quantitative estimate of drug-likeness (QED) is 0.859. The molecule has 0 aliphatic rings. The summed E-state index contributed by atoms with van der Waals surface area (Å²) in [5.74, 6) is -1.91. The maximum atomic E-state index is 13.0. The molecule has 1 N–H and O–H groups in total. The second-order valence-electron chi connectivity index (χ2n) is 5.98. The molecule has 1 heterocycles. The highest BCUT2D eigenvalue weighted by Crippen LogP contribution is 2.30. The van der Waals surface area contributed by atoms with E-state index in [0.29, 0.717) is 22.0 Å². The summed E-state index contributed by atoms with van der Waals surface area (Å²) in [4.78, 5) is 24.2. The van der Waals surface area contributed by atoms with Crippen LogP contribution in [0.25, 0.3) is 0 Å². The number of benzene rings is 1. The minimum atomic E-state index is -0.977. The highest BCUT2D eigenvalue weighted by Gasteiger charge is 2.26. The molecular weight excluding hydrogens is 314 g/mol. The van der Waals surface area contributed by atoms with Crippen LogP contribution in [0.1, 0.15) is 51.3 Å². The molecule has 0 spiro atoms. The van der Waals surface area contributed by atoms with E-state index < -0.39 is 11.9 Å². The minimum absolute atomic E-state index is 0.145. The second-order valence-corrected chi connectivity index (χ2v) is 6.39. The minimum Gasteiger partial charge on any atom is -0.481 e. The van der Waals surface area contributed by atoms with Gasteiger partial charge < -0.3 is 9.67 Å². The van der Waals surface area contributed by atoms with Crippen LogP contribution in [0, 0.1) is 20.8 Å². The number of ketones is 1. The van der Waals surface area contributed by atoms with E-state index in [0.717, 1.165) is 16.7 Å². The fourth-order valence-electron chi connectivity index (χ4n) is 3.08. The number of nitrogens with zero attached hydrogens (tertiary/aromatic N) is 1. The first-order valence-electron chi connectivity index (χ1n) is 7.35. The van der Waals surface area contributed by atoms with Gasteiger partial charge in [0.15, 0.2) is 0 Å². The molecule has 1 aromatic carbocycles. The zero-order valence-electron chi connectivity index (χ0n) is 13.9. The zero-order valence-corrected chi connectivity index (χ0v) is 14.7. The molecule has 4 nitrogen and oxygen atoms in total. The third-order valence-electron chi connectivity index (χ3n) is 4.15. The molecule has 5 heteroatoms. The van der Waals surface area contributed by atoms with Crippen molar-refractivity contribution in [3.63, 3.8) is 0 Å². The summed E-state index contributed by atoms with van der Waals surface area (Å²) in [5, 5.41) is 9.51. The van der Waals surface area contributed by atoms with Gasteiger partial charge in [0.2, 0.25) is 5.78 Å². The average Bonchev–Trinajstić information content (AvgIpc) is 2.71. The maximum absolute atomic E-state index is 13.0. The second kappa shape index (κ2) is 6.20. The van der Waals surface area contributed by atoms with Crippen LogP contribution in [0.4, 0.5) is 0 Å². The number of carboxylic acids is 1. The summed E-state index contributed by atoms with van der Waals surface area (Å²) in [5.41, 5.74) is 4.37. The third-order valence-corrected chi connectivity index (χ3v) is 4.45. The lowest BCUT2D eigenvalue weighted by atomic mass is 9.95. The van der Waals surface area contributed by atoms with Crippen molar-refractivity contribution in [2.75, 3.05) is 0 Å². The Morgan fingerprint density at radius 2 is 1.65 bits per heavy atom. The maximum Gasteiger partial charge on any atom is 0.312 e. The predicted octanol–water partition coefficient (Wildman–Crippen LogP) is 4.02. The van der Waals surface area contributed by atoms with Gasteiger partial charge in [-0.1, -0.05) is 29.3 Å². The molecule has 0 fully saturated rings. The topological polar surface area (TPSA) is 59.3 Å². The standard InChI is InChI=1S/C18H20ClNO3/c1-9-6-10(2)15(11(3)7-9)17(21)14-8-13(19)16(20(14)5)12(4)18(22)23/h6-8,12H,1-5H3,(H,22,23). The van der Waals surface area contributed by atoms with E-state index in [9.17, 15) is 14.7 Å². The van der Waals surface area contributed by atoms with E-state index in [1.807, 2.05) is 32.9 Å². The predicted molar refractivity (Wildman–Crippen MR) is 90.6 cm³/mol. The van der Waals surface area contributed by atoms with E-state index in [1.54, 1.807) is 24.6 Å². The number of aliphatic carboxylic acids is 1. The SMILES string of the molecule is Cc1cc(C)c(C(=O)c2cc(Cl)c(C(C)C(=O)O)n2C)c(C)c1. The molecule has 1 aromatic heterocycles. The summed E-state index contributed by atoms with van der Waals surface area (Å²) < 4.78 is 1.59. The smallest absolute Gasteiger partial charge is 0.312 e. The lowest BCUT2D eigenvalue weighted by molar-refractivity contribution is -0.138. The first-order chi connectivity index (χ1) is 10.6. The largest absolute Gasteiger partial charge is 0.481 e. The van der Waals surface area contributed by atoms with E-state index in [-0.39, 0.29) is 5.78 Å². The van der Waals surface area contributed by atoms with Gasteiger partial charge in [-0.3, -0.25) is 9.59 Å². The van der Waals surface area contributed by atoms with E-state index in [4.69, 9.17) is 11.6 Å². The zero-order chi connectivity index (χ0) is 17.5. The molecule has 0 saturated heterocycles. The summed E-state index contributed by atoms with van der Waals surface area (Å²) in [6.07, 6.45) is 0. The average molecular weight is 334 g/mol. The van der Waals surface area contributed by atoms with Gasteiger partial charge in [0.1, 0.15) is 0 Å². The lowest BCUT2D eigenvalue weighted by Crippen LogP contribution is -2.16. The number of carbonyl (C=O) groups excluding carboxylic acids is 1. The van der Waals surface area contributed by atoms with Crippen molar-refractivity contribution in [3.05, 3.63) is 56.9 Å². The van der Waals surface area contributed by atoms with Gasteiger partial charge in [-0.15, -0.1) is 0 Å². The molecule has 2 aromatic rings. The number of carboxylic acid groups (broad SMARTS) is 1. The van der Waals surface area contributed by atoms with Crippen LogP contribution in [-0.4, -0.2) is 21.4 Å². The number of aryl methyl sites for hydroxylation is 3. The van der Waals surface area contributed by atoms with Crippen molar-refractivity contribution in [1.29, 1.82) is 0 Å². The monoisotopic (exact) mass is 333 g/mol. The van der Waals surface area contributed by atoms with Gasteiger partial charge in [-0.2, -0.15) is 0 Å². The van der Waals surface area contributed by atoms with Crippen molar-refractivity contribution in [2.45, 2.75) is 33.6 Å². The normalized spacial score (nSPS) is 12.3. The Labute approximate surface area is 140 Å². The van der Waals surface area contributed by atoms with Crippen LogP contribution >= 0.6 is 11.6 Å². The Kier molecular flexibility index (Phi) is 4.66. The van der Waals surface area contributed by atoms with Crippen LogP contribution in [0.5, 0.6) is 0 Å². The summed E-state index contributed by atoms with van der Waals surface area (Å²) in [6, 6.07) is 5.48. The lowest BCUT2D eigenvalue weighted by Gasteiger charge is -2.13. The molecule has 0 aliphatic heterocycles. The molecule has 0 amide bonds. The Morgan fingerprint density at radius 1 is 1.13 bits per heavy atom. The van der Waals surface area contributed by atoms with Gasteiger partial charge in [-0.25, -0.2) is 0 Å². The molecule has 122 valence electrons. The van der Waals surface area contributed by atoms with Crippen molar-refractivity contribution >= 4 is 23.4 Å². The molecule has 23 heavy (non-hydrogen) atoms. The number of hydrogen-bond donors (Lipinski definition) is 1. The number of rotatable bonds is 4. The van der Waals surface area contributed by atoms with Crippen LogP contribution in [0.3, 0.4) is 0 Å². The summed E-state index contributed by atoms with van der Waals surface area (Å²) >= 11 is 6.19. The Hall–Kier alpha value is -2.07. The van der Waals surface area contributed by atoms with Crippen LogP contribution in [0.2, 0.25) is 5.02 Å². The van der Waals surface area contributed by atoms with Gasteiger partial charge in [0.25, 0.3) is 0 Å². The van der Waals surface area contributed by atoms with Crippen molar-refractivity contribution in [3.8, 4) is 0 Å². The highest BCUT2D eigenvalue weighted by atomic mass is 35.5. The molecular formula is C18H20ClNO3. The number of hydrogen-bond acceptors (Lipinski definition) is 2. The first-order valence-corrected chi connectivity index (χ1v) is 7.73. The molecule has 2 rings (SSSR count). The van der Waals surface area contributed by atoms with E-state index in [1.165, 1.54) is 0 Å². The fourth-order valence-corrected chi connectivity index (χ4v) is 3.47. The van der Waals surface area contributed by atoms with Crippen LogP contribution < -0.4 is 0 Å². The Balaban J connectivity index is 2.58. The molecule has 0 radical (unpaired) electrons.